The van der Waals surface area contributed by atoms with Crippen LogP contribution in [0.15, 0.2) is 24.3 Å². The molecule has 0 saturated carbocycles. The predicted molar refractivity (Wildman–Crippen MR) is 68.2 cm³/mol. The molecule has 2 heteroatoms. The minimum absolute atomic E-state index is 0.178. The molecule has 0 bridgehead atoms. The lowest BCUT2D eigenvalue weighted by molar-refractivity contribution is 0.106. The van der Waals surface area contributed by atoms with Crippen molar-refractivity contribution in [1.29, 1.82) is 0 Å². The smallest absolute Gasteiger partial charge is 0.0832 e. The zero-order valence-corrected chi connectivity index (χ0v) is 10.3. The molecule has 0 aliphatic carbocycles. The maximum atomic E-state index is 10.3. The van der Waals surface area contributed by atoms with Crippen molar-refractivity contribution < 1.29 is 5.11 Å². The van der Waals surface area contributed by atoms with Gasteiger partial charge in [0.05, 0.1) is 6.10 Å². The molecule has 2 nitrogen and oxygen atoms in total. The van der Waals surface area contributed by atoms with Crippen LogP contribution in [-0.2, 0) is 6.42 Å². The van der Waals surface area contributed by atoms with Gasteiger partial charge in [0.1, 0.15) is 0 Å². The summed E-state index contributed by atoms with van der Waals surface area (Å²) in [5.41, 5.74) is 8.00. The second kappa shape index (κ2) is 6.66. The minimum Gasteiger partial charge on any atom is -0.388 e. The number of aliphatic hydroxyl groups is 1. The summed E-state index contributed by atoms with van der Waals surface area (Å²) in [6, 6.07) is 8.10. The quantitative estimate of drug-likeness (QED) is 0.775. The molecule has 0 aliphatic rings. The van der Waals surface area contributed by atoms with Gasteiger partial charge >= 0.3 is 0 Å². The van der Waals surface area contributed by atoms with E-state index in [1.165, 1.54) is 5.56 Å². The van der Waals surface area contributed by atoms with Gasteiger partial charge in [0.2, 0.25) is 0 Å². The van der Waals surface area contributed by atoms with Gasteiger partial charge in [0, 0.05) is 5.92 Å². The maximum Gasteiger partial charge on any atom is 0.0832 e. The second-order valence-electron chi connectivity index (χ2n) is 4.28. The Bertz CT molecular complexity index is 311. The monoisotopic (exact) mass is 221 g/mol. The molecule has 0 amide bonds. The van der Waals surface area contributed by atoms with Crippen molar-refractivity contribution in [3.8, 4) is 0 Å². The number of nitrogens with two attached hydrogens (primary N) is 1. The van der Waals surface area contributed by atoms with E-state index in [2.05, 4.69) is 19.9 Å². The van der Waals surface area contributed by atoms with Crippen LogP contribution >= 0.6 is 0 Å². The van der Waals surface area contributed by atoms with Crippen LogP contribution in [0.5, 0.6) is 0 Å². The molecule has 1 aromatic carbocycles. The van der Waals surface area contributed by atoms with Gasteiger partial charge in [0.25, 0.3) is 0 Å². The van der Waals surface area contributed by atoms with Crippen molar-refractivity contribution in [3.05, 3.63) is 35.4 Å². The molecule has 0 aromatic heterocycles. The predicted octanol–water partition coefficient (Wildman–Crippen LogP) is 2.66. The van der Waals surface area contributed by atoms with Crippen molar-refractivity contribution in [2.75, 3.05) is 6.54 Å². The topological polar surface area (TPSA) is 46.2 Å². The summed E-state index contributed by atoms with van der Waals surface area (Å²) in [4.78, 5) is 0. The van der Waals surface area contributed by atoms with E-state index in [1.807, 2.05) is 18.2 Å². The van der Waals surface area contributed by atoms with E-state index < -0.39 is 6.10 Å². The molecular formula is C14H23NO. The highest BCUT2D eigenvalue weighted by atomic mass is 16.3. The first-order chi connectivity index (χ1) is 7.74. The molecular weight excluding hydrogens is 198 g/mol. The summed E-state index contributed by atoms with van der Waals surface area (Å²) in [7, 11) is 0. The zero-order chi connectivity index (χ0) is 12.0. The highest BCUT2D eigenvalue weighted by Crippen LogP contribution is 2.27. The lowest BCUT2D eigenvalue weighted by Gasteiger charge is -2.23. The molecule has 0 saturated heterocycles. The molecule has 90 valence electrons. The first kappa shape index (κ1) is 13.2. The van der Waals surface area contributed by atoms with E-state index in [1.54, 1.807) is 0 Å². The first-order valence-corrected chi connectivity index (χ1v) is 6.20. The SMILES string of the molecule is CCCC(CN)C(O)c1ccccc1CC. The third-order valence-electron chi connectivity index (χ3n) is 3.16. The van der Waals surface area contributed by atoms with Crippen LogP contribution in [-0.4, -0.2) is 11.7 Å². The number of aryl methyl sites for hydroxylation is 1. The lowest BCUT2D eigenvalue weighted by atomic mass is 9.89. The molecule has 0 aliphatic heterocycles. The lowest BCUT2D eigenvalue weighted by Crippen LogP contribution is -2.22. The Labute approximate surface area is 98.5 Å². The Hall–Kier alpha value is -0.860. The minimum atomic E-state index is -0.416. The van der Waals surface area contributed by atoms with Crippen molar-refractivity contribution in [1.82, 2.24) is 0 Å². The fourth-order valence-corrected chi connectivity index (χ4v) is 2.17. The molecule has 1 rings (SSSR count). The number of aliphatic hydroxyl groups excluding tert-OH is 1. The summed E-state index contributed by atoms with van der Waals surface area (Å²) >= 11 is 0. The van der Waals surface area contributed by atoms with Gasteiger partial charge in [0.15, 0.2) is 0 Å². The third kappa shape index (κ3) is 3.06. The molecule has 0 radical (unpaired) electrons. The van der Waals surface area contributed by atoms with E-state index in [-0.39, 0.29) is 5.92 Å². The van der Waals surface area contributed by atoms with Gasteiger partial charge in [-0.3, -0.25) is 0 Å². The normalized spacial score (nSPS) is 14.8. The summed E-state index contributed by atoms with van der Waals surface area (Å²) in [6.07, 6.45) is 2.58. The van der Waals surface area contributed by atoms with Crippen molar-refractivity contribution in [2.45, 2.75) is 39.2 Å². The standard InChI is InChI=1S/C14H23NO/c1-3-7-12(10-15)14(16)13-9-6-5-8-11(13)4-2/h5-6,8-9,12,14,16H,3-4,7,10,15H2,1-2H3. The summed E-state index contributed by atoms with van der Waals surface area (Å²) in [5, 5.41) is 10.3. The molecule has 0 fully saturated rings. The van der Waals surface area contributed by atoms with Gasteiger partial charge < -0.3 is 10.8 Å². The molecule has 0 spiro atoms. The van der Waals surface area contributed by atoms with Crippen LogP contribution in [0.3, 0.4) is 0 Å². The van der Waals surface area contributed by atoms with Crippen LogP contribution in [0.2, 0.25) is 0 Å². The fourth-order valence-electron chi connectivity index (χ4n) is 2.17. The number of rotatable bonds is 6. The van der Waals surface area contributed by atoms with Crippen LogP contribution in [0, 0.1) is 5.92 Å². The molecule has 2 unspecified atom stereocenters. The van der Waals surface area contributed by atoms with Crippen LogP contribution in [0.25, 0.3) is 0 Å². The van der Waals surface area contributed by atoms with Crippen molar-refractivity contribution in [3.63, 3.8) is 0 Å². The van der Waals surface area contributed by atoms with Gasteiger partial charge in [-0.2, -0.15) is 0 Å². The molecule has 16 heavy (non-hydrogen) atoms. The Balaban J connectivity index is 2.88. The van der Waals surface area contributed by atoms with Crippen molar-refractivity contribution >= 4 is 0 Å². The Morgan fingerprint density at radius 1 is 1.25 bits per heavy atom. The van der Waals surface area contributed by atoms with Crippen LogP contribution < -0.4 is 5.73 Å². The van der Waals surface area contributed by atoms with Crippen molar-refractivity contribution in [2.24, 2.45) is 11.7 Å². The summed E-state index contributed by atoms with van der Waals surface area (Å²) < 4.78 is 0. The van der Waals surface area contributed by atoms with Gasteiger partial charge in [-0.15, -0.1) is 0 Å². The first-order valence-electron chi connectivity index (χ1n) is 6.20. The Morgan fingerprint density at radius 2 is 1.94 bits per heavy atom. The maximum absolute atomic E-state index is 10.3. The second-order valence-corrected chi connectivity index (χ2v) is 4.28. The van der Waals surface area contributed by atoms with Gasteiger partial charge in [-0.25, -0.2) is 0 Å². The zero-order valence-electron chi connectivity index (χ0n) is 10.3. The summed E-state index contributed by atoms with van der Waals surface area (Å²) in [5.74, 6) is 0.178. The molecule has 1 aromatic rings. The van der Waals surface area contributed by atoms with Crippen LogP contribution in [0.4, 0.5) is 0 Å². The van der Waals surface area contributed by atoms with Gasteiger partial charge in [-0.1, -0.05) is 44.5 Å². The average Bonchev–Trinajstić information content (AvgIpc) is 2.35. The largest absolute Gasteiger partial charge is 0.388 e. The van der Waals surface area contributed by atoms with E-state index >= 15 is 0 Å². The molecule has 2 atom stereocenters. The number of hydrogen-bond donors (Lipinski definition) is 2. The fraction of sp³-hybridized carbons (Fsp3) is 0.571. The van der Waals surface area contributed by atoms with Gasteiger partial charge in [-0.05, 0) is 30.5 Å². The van der Waals surface area contributed by atoms with E-state index in [9.17, 15) is 5.11 Å². The molecule has 3 N–H and O–H groups in total. The highest BCUT2D eigenvalue weighted by Gasteiger charge is 2.20. The van der Waals surface area contributed by atoms with E-state index in [4.69, 9.17) is 5.73 Å². The van der Waals surface area contributed by atoms with E-state index in [0.717, 1.165) is 24.8 Å². The number of hydrogen-bond acceptors (Lipinski definition) is 2. The van der Waals surface area contributed by atoms with Crippen LogP contribution in [0.1, 0.15) is 43.9 Å². The summed E-state index contributed by atoms with van der Waals surface area (Å²) in [6.45, 7) is 4.79. The number of benzene rings is 1. The molecule has 0 heterocycles. The third-order valence-corrected chi connectivity index (χ3v) is 3.16. The highest BCUT2D eigenvalue weighted by molar-refractivity contribution is 5.29. The Morgan fingerprint density at radius 3 is 2.50 bits per heavy atom. The van der Waals surface area contributed by atoms with E-state index in [0.29, 0.717) is 6.54 Å². The average molecular weight is 221 g/mol. The Kier molecular flexibility index (Phi) is 5.50.